The molecule has 31 heavy (non-hydrogen) atoms. The number of ether oxygens (including phenoxy) is 2. The lowest BCUT2D eigenvalue weighted by Crippen LogP contribution is -2.35. The van der Waals surface area contributed by atoms with Crippen LogP contribution in [0.4, 0.5) is 0 Å². The number of carbonyl (C=O) groups excluding carboxylic acids is 2. The number of benzene rings is 2. The molecule has 2 aromatic rings. The number of aliphatic hydroxyl groups is 1. The molecule has 1 atom stereocenters. The van der Waals surface area contributed by atoms with Gasteiger partial charge in [0.05, 0.1) is 25.8 Å². The van der Waals surface area contributed by atoms with E-state index in [9.17, 15) is 14.7 Å². The molecule has 1 fully saturated rings. The van der Waals surface area contributed by atoms with Gasteiger partial charge in [-0.3, -0.25) is 9.59 Å². The Kier molecular flexibility index (Phi) is 6.87. The fourth-order valence-electron chi connectivity index (χ4n) is 3.63. The first-order valence-corrected chi connectivity index (χ1v) is 10.1. The van der Waals surface area contributed by atoms with Gasteiger partial charge in [0.15, 0.2) is 11.5 Å². The molecule has 8 heteroatoms. The highest BCUT2D eigenvalue weighted by molar-refractivity contribution is 6.46. The fraction of sp³-hybridized carbons (Fsp3) is 0.304. The van der Waals surface area contributed by atoms with E-state index < -0.39 is 17.7 Å². The van der Waals surface area contributed by atoms with Gasteiger partial charge in [-0.1, -0.05) is 23.7 Å². The highest BCUT2D eigenvalue weighted by Crippen LogP contribution is 2.45. The van der Waals surface area contributed by atoms with E-state index in [2.05, 4.69) is 0 Å². The lowest BCUT2D eigenvalue weighted by atomic mass is 9.94. The quantitative estimate of drug-likeness (QED) is 0.401. The van der Waals surface area contributed by atoms with Crippen molar-refractivity contribution in [2.75, 3.05) is 41.4 Å². The minimum atomic E-state index is -0.833. The van der Waals surface area contributed by atoms with Crippen molar-refractivity contribution in [3.8, 4) is 11.5 Å². The third kappa shape index (κ3) is 4.38. The summed E-state index contributed by atoms with van der Waals surface area (Å²) in [6, 6.07) is 10.8. The van der Waals surface area contributed by atoms with Crippen LogP contribution < -0.4 is 9.47 Å². The maximum Gasteiger partial charge on any atom is 0.295 e. The molecular formula is C23H25ClN2O5. The number of carbonyl (C=O) groups is 2. The summed E-state index contributed by atoms with van der Waals surface area (Å²) in [5.74, 6) is -0.830. The molecule has 1 amide bonds. The van der Waals surface area contributed by atoms with E-state index in [4.69, 9.17) is 21.1 Å². The summed E-state index contributed by atoms with van der Waals surface area (Å²) in [6.45, 7) is 0.830. The molecule has 1 saturated heterocycles. The van der Waals surface area contributed by atoms with E-state index >= 15 is 0 Å². The number of hydrogen-bond acceptors (Lipinski definition) is 6. The van der Waals surface area contributed by atoms with Crippen molar-refractivity contribution in [3.63, 3.8) is 0 Å². The molecule has 0 aromatic heterocycles. The first-order valence-electron chi connectivity index (χ1n) is 9.70. The number of nitrogens with zero attached hydrogens (tertiary/aromatic N) is 2. The second-order valence-corrected chi connectivity index (χ2v) is 7.82. The Morgan fingerprint density at radius 2 is 1.77 bits per heavy atom. The smallest absolute Gasteiger partial charge is 0.295 e. The predicted molar refractivity (Wildman–Crippen MR) is 119 cm³/mol. The standard InChI is InChI=1S/C23H25ClN2O5/c1-25(2)12-13-26-19(16-6-5-7-17(30-3)22(16)31-4)18(21(28)23(26)29)20(27)14-8-10-15(24)11-9-14/h5-11,19,27H,12-13H2,1-4H3/t19-/m0/s1. The Morgan fingerprint density at radius 3 is 2.35 bits per heavy atom. The summed E-state index contributed by atoms with van der Waals surface area (Å²) in [6.07, 6.45) is 0. The first kappa shape index (κ1) is 22.7. The van der Waals surface area contributed by atoms with E-state index in [1.807, 2.05) is 19.0 Å². The van der Waals surface area contributed by atoms with Crippen molar-refractivity contribution in [1.29, 1.82) is 0 Å². The fourth-order valence-corrected chi connectivity index (χ4v) is 3.76. The van der Waals surface area contributed by atoms with Gasteiger partial charge in [-0.15, -0.1) is 0 Å². The van der Waals surface area contributed by atoms with Gasteiger partial charge >= 0.3 is 0 Å². The van der Waals surface area contributed by atoms with Gasteiger partial charge < -0.3 is 24.4 Å². The van der Waals surface area contributed by atoms with E-state index in [1.165, 1.54) is 19.1 Å². The summed E-state index contributed by atoms with van der Waals surface area (Å²) in [7, 11) is 6.77. The van der Waals surface area contributed by atoms with Crippen LogP contribution >= 0.6 is 11.6 Å². The zero-order valence-electron chi connectivity index (χ0n) is 17.9. The summed E-state index contributed by atoms with van der Waals surface area (Å²) in [5.41, 5.74) is 0.940. The van der Waals surface area contributed by atoms with E-state index in [-0.39, 0.29) is 11.3 Å². The molecule has 0 unspecified atom stereocenters. The number of ketones is 1. The molecule has 1 N–H and O–H groups in total. The monoisotopic (exact) mass is 444 g/mol. The van der Waals surface area contributed by atoms with Crippen LogP contribution in [0, 0.1) is 0 Å². The summed E-state index contributed by atoms with van der Waals surface area (Å²) >= 11 is 5.96. The molecule has 0 radical (unpaired) electrons. The van der Waals surface area contributed by atoms with Crippen LogP contribution in [0.1, 0.15) is 17.2 Å². The topological polar surface area (TPSA) is 79.3 Å². The number of rotatable bonds is 7. The molecular weight excluding hydrogens is 420 g/mol. The molecule has 0 saturated carbocycles. The lowest BCUT2D eigenvalue weighted by molar-refractivity contribution is -0.140. The van der Waals surface area contributed by atoms with Gasteiger partial charge in [-0.25, -0.2) is 0 Å². The third-order valence-electron chi connectivity index (χ3n) is 5.17. The van der Waals surface area contributed by atoms with Gasteiger partial charge in [0, 0.05) is 29.2 Å². The Labute approximate surface area is 186 Å². The number of likely N-dealkylation sites (N-methyl/N-ethyl adjacent to an activating group) is 1. The Hall–Kier alpha value is -3.03. The van der Waals surface area contributed by atoms with Crippen molar-refractivity contribution in [3.05, 3.63) is 64.2 Å². The molecule has 1 heterocycles. The highest BCUT2D eigenvalue weighted by Gasteiger charge is 2.47. The van der Waals surface area contributed by atoms with Crippen LogP contribution in [0.5, 0.6) is 11.5 Å². The molecule has 3 rings (SSSR count). The molecule has 7 nitrogen and oxygen atoms in total. The molecule has 1 aliphatic heterocycles. The van der Waals surface area contributed by atoms with Crippen LogP contribution in [0.15, 0.2) is 48.0 Å². The lowest BCUT2D eigenvalue weighted by Gasteiger charge is -2.28. The Bertz CT molecular complexity index is 1020. The van der Waals surface area contributed by atoms with Gasteiger partial charge in [0.1, 0.15) is 5.76 Å². The van der Waals surface area contributed by atoms with Crippen LogP contribution in [0.25, 0.3) is 5.76 Å². The van der Waals surface area contributed by atoms with Crippen LogP contribution in [-0.4, -0.2) is 68.0 Å². The largest absolute Gasteiger partial charge is 0.507 e. The number of para-hydroxylation sites is 1. The van der Waals surface area contributed by atoms with E-state index in [0.717, 1.165) is 0 Å². The molecule has 0 bridgehead atoms. The van der Waals surface area contributed by atoms with Crippen molar-refractivity contribution >= 4 is 29.1 Å². The Morgan fingerprint density at radius 1 is 1.10 bits per heavy atom. The summed E-state index contributed by atoms with van der Waals surface area (Å²) in [4.78, 5) is 29.4. The SMILES string of the molecule is COc1cccc([C@H]2C(=C(O)c3ccc(Cl)cc3)C(=O)C(=O)N2CCN(C)C)c1OC. The van der Waals surface area contributed by atoms with E-state index in [0.29, 0.717) is 40.7 Å². The molecule has 0 spiro atoms. The van der Waals surface area contributed by atoms with Gasteiger partial charge in [-0.05, 0) is 44.4 Å². The van der Waals surface area contributed by atoms with Gasteiger partial charge in [-0.2, -0.15) is 0 Å². The van der Waals surface area contributed by atoms with Crippen LogP contribution in [0.2, 0.25) is 5.02 Å². The number of methoxy groups -OCH3 is 2. The minimum Gasteiger partial charge on any atom is -0.507 e. The van der Waals surface area contributed by atoms with Crippen molar-refractivity contribution in [2.45, 2.75) is 6.04 Å². The molecule has 1 aliphatic rings. The van der Waals surface area contributed by atoms with Crippen molar-refractivity contribution in [1.82, 2.24) is 9.80 Å². The molecule has 0 aliphatic carbocycles. The van der Waals surface area contributed by atoms with Crippen molar-refractivity contribution in [2.24, 2.45) is 0 Å². The zero-order valence-corrected chi connectivity index (χ0v) is 18.6. The Balaban J connectivity index is 2.23. The maximum atomic E-state index is 13.1. The van der Waals surface area contributed by atoms with Crippen LogP contribution in [-0.2, 0) is 9.59 Å². The van der Waals surface area contributed by atoms with E-state index in [1.54, 1.807) is 42.5 Å². The van der Waals surface area contributed by atoms with Gasteiger partial charge in [0.2, 0.25) is 0 Å². The summed E-state index contributed by atoms with van der Waals surface area (Å²) in [5, 5.41) is 11.6. The normalized spacial score (nSPS) is 18.0. The number of halogens is 1. The average Bonchev–Trinajstić information content (AvgIpc) is 3.01. The minimum absolute atomic E-state index is 0.00219. The number of Topliss-reactive ketones (excluding diaryl/α,β-unsaturated/α-hetero) is 1. The first-order chi connectivity index (χ1) is 14.8. The number of amides is 1. The molecule has 164 valence electrons. The van der Waals surface area contributed by atoms with Crippen LogP contribution in [0.3, 0.4) is 0 Å². The molecule has 2 aromatic carbocycles. The second kappa shape index (κ2) is 9.41. The second-order valence-electron chi connectivity index (χ2n) is 7.39. The maximum absolute atomic E-state index is 13.1. The number of hydrogen-bond donors (Lipinski definition) is 1. The predicted octanol–water partition coefficient (Wildman–Crippen LogP) is 3.34. The van der Waals surface area contributed by atoms with Gasteiger partial charge in [0.25, 0.3) is 11.7 Å². The summed E-state index contributed by atoms with van der Waals surface area (Å²) < 4.78 is 11.0. The zero-order chi connectivity index (χ0) is 22.7. The third-order valence-corrected chi connectivity index (χ3v) is 5.43. The number of aliphatic hydroxyl groups excluding tert-OH is 1. The average molecular weight is 445 g/mol. The number of likely N-dealkylation sites (tertiary alicyclic amines) is 1. The highest BCUT2D eigenvalue weighted by atomic mass is 35.5. The van der Waals surface area contributed by atoms with Crippen molar-refractivity contribution < 1.29 is 24.2 Å².